The number of halogens is 1. The van der Waals surface area contributed by atoms with Crippen molar-refractivity contribution in [1.82, 2.24) is 0 Å². The number of rotatable bonds is 6. The Morgan fingerprint density at radius 3 is 2.63 bits per heavy atom. The van der Waals surface area contributed by atoms with E-state index in [1.807, 2.05) is 45.0 Å². The Bertz CT molecular complexity index is 410. The molecular formula is C15H21ClO3. The third-order valence-electron chi connectivity index (χ3n) is 2.29. The highest BCUT2D eigenvalue weighted by Crippen LogP contribution is 2.11. The molecule has 1 rings (SSSR count). The highest BCUT2D eigenvalue weighted by molar-refractivity contribution is 6.30. The lowest BCUT2D eigenvalue weighted by Gasteiger charge is -2.19. The molecule has 0 aliphatic heterocycles. The van der Waals surface area contributed by atoms with Gasteiger partial charge in [-0.05, 0) is 44.9 Å². The van der Waals surface area contributed by atoms with Crippen LogP contribution in [0.5, 0.6) is 0 Å². The van der Waals surface area contributed by atoms with E-state index in [4.69, 9.17) is 21.1 Å². The lowest BCUT2D eigenvalue weighted by Crippen LogP contribution is -2.24. The van der Waals surface area contributed by atoms with Crippen molar-refractivity contribution in [2.45, 2.75) is 39.2 Å². The van der Waals surface area contributed by atoms with Gasteiger partial charge in [0.1, 0.15) is 5.60 Å². The maximum Gasteiger partial charge on any atom is 0.308 e. The van der Waals surface area contributed by atoms with Gasteiger partial charge in [-0.3, -0.25) is 4.79 Å². The molecule has 0 amide bonds. The van der Waals surface area contributed by atoms with Crippen molar-refractivity contribution < 1.29 is 14.3 Å². The summed E-state index contributed by atoms with van der Waals surface area (Å²) in [6.07, 6.45) is 1.07. The average Bonchev–Trinajstić information content (AvgIpc) is 2.26. The monoisotopic (exact) mass is 284 g/mol. The Balaban J connectivity index is 2.13. The maximum absolute atomic E-state index is 11.4. The molecule has 0 heterocycles. The van der Waals surface area contributed by atoms with Gasteiger partial charge in [0.2, 0.25) is 0 Å². The molecule has 0 saturated carbocycles. The Morgan fingerprint density at radius 1 is 1.26 bits per heavy atom. The third kappa shape index (κ3) is 7.85. The minimum atomic E-state index is -0.433. The van der Waals surface area contributed by atoms with Crippen LogP contribution in [-0.4, -0.2) is 24.8 Å². The van der Waals surface area contributed by atoms with Crippen molar-refractivity contribution in [2.75, 3.05) is 13.2 Å². The van der Waals surface area contributed by atoms with Crippen molar-refractivity contribution in [3.63, 3.8) is 0 Å². The van der Waals surface area contributed by atoms with Gasteiger partial charge >= 0.3 is 5.97 Å². The molecule has 0 fully saturated rings. The number of ether oxygens (including phenoxy) is 2. The van der Waals surface area contributed by atoms with Gasteiger partial charge in [-0.15, -0.1) is 0 Å². The molecule has 0 bridgehead atoms. The second-order valence-electron chi connectivity index (χ2n) is 5.33. The average molecular weight is 285 g/mol. The molecule has 106 valence electrons. The number of carbonyl (C=O) groups excluding carboxylic acids is 1. The van der Waals surface area contributed by atoms with Crippen molar-refractivity contribution in [3.8, 4) is 0 Å². The van der Waals surface area contributed by atoms with Crippen molar-refractivity contribution in [1.29, 1.82) is 0 Å². The van der Waals surface area contributed by atoms with Crippen LogP contribution in [-0.2, 0) is 20.7 Å². The Hall–Kier alpha value is -1.06. The molecule has 0 aliphatic carbocycles. The minimum Gasteiger partial charge on any atom is -0.460 e. The van der Waals surface area contributed by atoms with Crippen LogP contribution in [0.1, 0.15) is 32.8 Å². The smallest absolute Gasteiger partial charge is 0.308 e. The van der Waals surface area contributed by atoms with Crippen LogP contribution < -0.4 is 0 Å². The van der Waals surface area contributed by atoms with Gasteiger partial charge in [-0.1, -0.05) is 23.7 Å². The first kappa shape index (κ1) is 16.0. The van der Waals surface area contributed by atoms with Gasteiger partial charge in [0.05, 0.1) is 19.6 Å². The number of esters is 1. The minimum absolute atomic E-state index is 0.227. The van der Waals surface area contributed by atoms with Gasteiger partial charge in [-0.2, -0.15) is 0 Å². The van der Waals surface area contributed by atoms with Crippen molar-refractivity contribution in [2.24, 2.45) is 0 Å². The molecule has 0 aliphatic rings. The van der Waals surface area contributed by atoms with E-state index in [1.165, 1.54) is 0 Å². The summed E-state index contributed by atoms with van der Waals surface area (Å²) in [4.78, 5) is 11.4. The Labute approximate surface area is 119 Å². The number of carbonyl (C=O) groups is 1. The van der Waals surface area contributed by atoms with Crippen molar-refractivity contribution >= 4 is 17.6 Å². The van der Waals surface area contributed by atoms with Crippen LogP contribution in [0.25, 0.3) is 0 Å². The van der Waals surface area contributed by atoms with Crippen LogP contribution in [0.3, 0.4) is 0 Å². The number of hydrogen-bond acceptors (Lipinski definition) is 3. The zero-order chi connectivity index (χ0) is 14.3. The topological polar surface area (TPSA) is 35.5 Å². The van der Waals surface area contributed by atoms with E-state index < -0.39 is 5.60 Å². The van der Waals surface area contributed by atoms with E-state index in [-0.39, 0.29) is 12.4 Å². The molecule has 0 spiro atoms. The summed E-state index contributed by atoms with van der Waals surface area (Å²) in [6, 6.07) is 7.68. The Morgan fingerprint density at radius 2 is 2.00 bits per heavy atom. The van der Waals surface area contributed by atoms with Crippen LogP contribution in [0.4, 0.5) is 0 Å². The van der Waals surface area contributed by atoms with E-state index in [9.17, 15) is 4.79 Å². The zero-order valence-corrected chi connectivity index (χ0v) is 12.5. The molecule has 0 atom stereocenters. The van der Waals surface area contributed by atoms with Crippen molar-refractivity contribution in [3.05, 3.63) is 34.9 Å². The second kappa shape index (κ2) is 7.51. The summed E-state index contributed by atoms with van der Waals surface area (Å²) in [5.41, 5.74) is 0.697. The van der Waals surface area contributed by atoms with Gasteiger partial charge < -0.3 is 9.47 Å². The van der Waals surface area contributed by atoms with Gasteiger partial charge in [0.15, 0.2) is 0 Å². The van der Waals surface area contributed by atoms with Crippen LogP contribution in [0.2, 0.25) is 5.02 Å². The van der Waals surface area contributed by atoms with Gasteiger partial charge in [0, 0.05) is 5.02 Å². The summed E-state index contributed by atoms with van der Waals surface area (Å²) in [5.74, 6) is -0.227. The first-order chi connectivity index (χ1) is 8.87. The first-order valence-corrected chi connectivity index (χ1v) is 6.79. The molecule has 0 N–H and O–H groups in total. The molecule has 4 heteroatoms. The predicted molar refractivity (Wildman–Crippen MR) is 76.4 cm³/mol. The van der Waals surface area contributed by atoms with E-state index in [2.05, 4.69) is 0 Å². The molecule has 1 aromatic rings. The van der Waals surface area contributed by atoms with E-state index in [0.717, 1.165) is 17.0 Å². The highest BCUT2D eigenvalue weighted by Gasteiger charge is 2.15. The fourth-order valence-electron chi connectivity index (χ4n) is 1.53. The summed E-state index contributed by atoms with van der Waals surface area (Å²) in [6.45, 7) is 6.51. The molecule has 0 saturated heterocycles. The quantitative estimate of drug-likeness (QED) is 0.591. The molecule has 3 nitrogen and oxygen atoms in total. The molecular weight excluding hydrogens is 264 g/mol. The highest BCUT2D eigenvalue weighted by atomic mass is 35.5. The summed E-state index contributed by atoms with van der Waals surface area (Å²) < 4.78 is 10.6. The maximum atomic E-state index is 11.4. The molecule has 0 unspecified atom stereocenters. The largest absolute Gasteiger partial charge is 0.460 e. The fourth-order valence-corrected chi connectivity index (χ4v) is 1.75. The summed E-state index contributed by atoms with van der Waals surface area (Å²) in [5, 5.41) is 0.728. The van der Waals surface area contributed by atoms with Crippen LogP contribution in [0.15, 0.2) is 24.3 Å². The predicted octanol–water partition coefficient (Wildman–Crippen LogP) is 3.63. The molecule has 19 heavy (non-hydrogen) atoms. The van der Waals surface area contributed by atoms with Crippen LogP contribution >= 0.6 is 11.6 Å². The third-order valence-corrected chi connectivity index (χ3v) is 2.53. The lowest BCUT2D eigenvalue weighted by atomic mass is 10.2. The second-order valence-corrected chi connectivity index (χ2v) is 5.77. The van der Waals surface area contributed by atoms with Gasteiger partial charge in [-0.25, -0.2) is 0 Å². The number of hydrogen-bond donors (Lipinski definition) is 0. The van der Waals surface area contributed by atoms with Gasteiger partial charge in [0.25, 0.3) is 0 Å². The molecule has 0 radical (unpaired) electrons. The lowest BCUT2D eigenvalue weighted by molar-refractivity contribution is -0.156. The summed E-state index contributed by atoms with van der Waals surface area (Å²) in [7, 11) is 0. The molecule has 1 aromatic carbocycles. The van der Waals surface area contributed by atoms with E-state index in [0.29, 0.717) is 13.2 Å². The zero-order valence-electron chi connectivity index (χ0n) is 11.7. The number of benzene rings is 1. The van der Waals surface area contributed by atoms with E-state index in [1.54, 1.807) is 0 Å². The Kier molecular flexibility index (Phi) is 6.32. The normalized spacial score (nSPS) is 11.4. The van der Waals surface area contributed by atoms with Crippen LogP contribution in [0, 0.1) is 0 Å². The summed E-state index contributed by atoms with van der Waals surface area (Å²) >= 11 is 5.89. The fraction of sp³-hybridized carbons (Fsp3) is 0.533. The SMILES string of the molecule is CC(C)(C)OC(=O)CCOCCc1cccc(Cl)c1. The van der Waals surface area contributed by atoms with E-state index >= 15 is 0 Å². The first-order valence-electron chi connectivity index (χ1n) is 6.41. The standard InChI is InChI=1S/C15H21ClO3/c1-15(2,3)19-14(17)8-10-18-9-7-12-5-4-6-13(16)11-12/h4-6,11H,7-10H2,1-3H3. The molecule has 0 aromatic heterocycles.